The minimum atomic E-state index is -0.403. The first-order valence-electron chi connectivity index (χ1n) is 4.80. The molecule has 0 atom stereocenters. The van der Waals surface area contributed by atoms with Crippen molar-refractivity contribution < 1.29 is 9.53 Å². The fourth-order valence-corrected chi connectivity index (χ4v) is 2.01. The summed E-state index contributed by atoms with van der Waals surface area (Å²) in [7, 11) is 0. The topological polar surface area (TPSA) is 42.1 Å². The third-order valence-electron chi connectivity index (χ3n) is 2.21. The second-order valence-electron chi connectivity index (χ2n) is 3.26. The van der Waals surface area contributed by atoms with Crippen molar-refractivity contribution >= 4 is 41.1 Å². The molecule has 0 aliphatic rings. The number of aromatic amines is 1. The molecule has 1 aromatic carbocycles. The van der Waals surface area contributed by atoms with Gasteiger partial charge >= 0.3 is 5.97 Å². The van der Waals surface area contributed by atoms with E-state index in [9.17, 15) is 4.79 Å². The van der Waals surface area contributed by atoms with E-state index in [1.807, 2.05) is 0 Å². The zero-order chi connectivity index (χ0) is 11.7. The van der Waals surface area contributed by atoms with Crippen LogP contribution in [0, 0.1) is 0 Å². The molecule has 2 aromatic rings. The quantitative estimate of drug-likeness (QED) is 0.639. The van der Waals surface area contributed by atoms with Crippen LogP contribution in [-0.2, 0) is 4.74 Å². The Kier molecular flexibility index (Phi) is 3.12. The number of thiol groups is 1. The summed E-state index contributed by atoms with van der Waals surface area (Å²) >= 11 is 10.2. The number of carbonyl (C=O) groups is 1. The van der Waals surface area contributed by atoms with Crippen LogP contribution in [0.5, 0.6) is 0 Å². The molecule has 1 N–H and O–H groups in total. The van der Waals surface area contributed by atoms with E-state index in [4.69, 9.17) is 16.3 Å². The van der Waals surface area contributed by atoms with Crippen molar-refractivity contribution in [3.63, 3.8) is 0 Å². The van der Waals surface area contributed by atoms with Gasteiger partial charge in [-0.3, -0.25) is 0 Å². The summed E-state index contributed by atoms with van der Waals surface area (Å²) in [5.41, 5.74) is 1.18. The minimum absolute atomic E-state index is 0.335. The number of rotatable bonds is 2. The number of aromatic nitrogens is 1. The fourth-order valence-electron chi connectivity index (χ4n) is 1.50. The fraction of sp³-hybridized carbons (Fsp3) is 0.182. The van der Waals surface area contributed by atoms with Crippen LogP contribution < -0.4 is 0 Å². The van der Waals surface area contributed by atoms with Crippen molar-refractivity contribution in [1.82, 2.24) is 4.98 Å². The van der Waals surface area contributed by atoms with Gasteiger partial charge in [0.1, 0.15) is 5.69 Å². The van der Waals surface area contributed by atoms with E-state index in [2.05, 4.69) is 17.6 Å². The van der Waals surface area contributed by atoms with Crippen LogP contribution in [0.4, 0.5) is 0 Å². The summed E-state index contributed by atoms with van der Waals surface area (Å²) in [5.74, 6) is -0.403. The molecule has 16 heavy (non-hydrogen) atoms. The maximum Gasteiger partial charge on any atom is 0.355 e. The van der Waals surface area contributed by atoms with Crippen LogP contribution in [0.3, 0.4) is 0 Å². The molecule has 0 bridgehead atoms. The maximum absolute atomic E-state index is 11.6. The number of hydrogen-bond donors (Lipinski definition) is 2. The van der Waals surface area contributed by atoms with Gasteiger partial charge in [0.05, 0.1) is 6.61 Å². The molecule has 0 spiro atoms. The Morgan fingerprint density at radius 3 is 3.00 bits per heavy atom. The first-order valence-corrected chi connectivity index (χ1v) is 5.63. The van der Waals surface area contributed by atoms with E-state index in [-0.39, 0.29) is 0 Å². The Morgan fingerprint density at radius 2 is 2.31 bits per heavy atom. The van der Waals surface area contributed by atoms with Gasteiger partial charge in [-0.05, 0) is 25.1 Å². The Bertz CT molecular complexity index is 550. The van der Waals surface area contributed by atoms with Crippen molar-refractivity contribution in [2.24, 2.45) is 0 Å². The average Bonchev–Trinajstić information content (AvgIpc) is 2.57. The van der Waals surface area contributed by atoms with Gasteiger partial charge in [0.25, 0.3) is 0 Å². The SMILES string of the molecule is CCOC(=O)c1[nH]c2ccc(Cl)cc2c1S. The molecule has 0 fully saturated rings. The highest BCUT2D eigenvalue weighted by Crippen LogP contribution is 2.28. The third kappa shape index (κ3) is 1.90. The van der Waals surface area contributed by atoms with Crippen LogP contribution >= 0.6 is 24.2 Å². The molecule has 5 heteroatoms. The molecule has 0 amide bonds. The molecule has 0 aliphatic carbocycles. The lowest BCUT2D eigenvalue weighted by molar-refractivity contribution is 0.0516. The summed E-state index contributed by atoms with van der Waals surface area (Å²) in [6.07, 6.45) is 0. The predicted molar refractivity (Wildman–Crippen MR) is 66.5 cm³/mol. The zero-order valence-electron chi connectivity index (χ0n) is 8.58. The Hall–Kier alpha value is -1.13. The molecule has 1 aromatic heterocycles. The summed E-state index contributed by atoms with van der Waals surface area (Å²) < 4.78 is 4.92. The Labute approximate surface area is 103 Å². The number of carbonyl (C=O) groups excluding carboxylic acids is 1. The standard InChI is InChI=1S/C11H10ClNO2S/c1-2-15-11(14)9-10(16)7-5-6(12)3-4-8(7)13-9/h3-5,13,16H,2H2,1H3. The number of nitrogens with one attached hydrogen (secondary N) is 1. The van der Waals surface area contributed by atoms with Crippen LogP contribution in [0.15, 0.2) is 23.1 Å². The van der Waals surface area contributed by atoms with Crippen molar-refractivity contribution in [3.8, 4) is 0 Å². The van der Waals surface area contributed by atoms with Crippen molar-refractivity contribution in [2.45, 2.75) is 11.8 Å². The van der Waals surface area contributed by atoms with E-state index in [0.29, 0.717) is 22.2 Å². The van der Waals surface area contributed by atoms with Crippen LogP contribution in [0.2, 0.25) is 5.02 Å². The van der Waals surface area contributed by atoms with Crippen LogP contribution in [0.25, 0.3) is 10.9 Å². The molecule has 0 aliphatic heterocycles. The molecule has 3 nitrogen and oxygen atoms in total. The van der Waals surface area contributed by atoms with Crippen molar-refractivity contribution in [3.05, 3.63) is 28.9 Å². The van der Waals surface area contributed by atoms with E-state index >= 15 is 0 Å². The van der Waals surface area contributed by atoms with Crippen LogP contribution in [0.1, 0.15) is 17.4 Å². The second-order valence-corrected chi connectivity index (χ2v) is 4.14. The molecule has 0 radical (unpaired) electrons. The highest BCUT2D eigenvalue weighted by Gasteiger charge is 2.16. The highest BCUT2D eigenvalue weighted by atomic mass is 35.5. The highest BCUT2D eigenvalue weighted by molar-refractivity contribution is 7.80. The molecule has 2 rings (SSSR count). The van der Waals surface area contributed by atoms with E-state index < -0.39 is 5.97 Å². The lowest BCUT2D eigenvalue weighted by Gasteiger charge is -1.99. The number of ether oxygens (including phenoxy) is 1. The molecule has 0 saturated heterocycles. The summed E-state index contributed by atoms with van der Waals surface area (Å²) in [5, 5.41) is 1.43. The van der Waals surface area contributed by atoms with E-state index in [1.54, 1.807) is 25.1 Å². The van der Waals surface area contributed by atoms with Gasteiger partial charge in [0, 0.05) is 20.8 Å². The lowest BCUT2D eigenvalue weighted by atomic mass is 10.2. The Balaban J connectivity index is 2.56. The third-order valence-corrected chi connectivity index (χ3v) is 2.91. The number of benzene rings is 1. The van der Waals surface area contributed by atoms with Gasteiger partial charge in [0.15, 0.2) is 0 Å². The summed E-state index contributed by atoms with van der Waals surface area (Å²) in [6.45, 7) is 2.10. The normalized spacial score (nSPS) is 10.7. The first kappa shape index (κ1) is 11.4. The smallest absolute Gasteiger partial charge is 0.355 e. The first-order chi connectivity index (χ1) is 7.63. The number of esters is 1. The number of hydrogen-bond acceptors (Lipinski definition) is 3. The second kappa shape index (κ2) is 4.39. The summed E-state index contributed by atoms with van der Waals surface area (Å²) in [4.78, 5) is 15.1. The van der Waals surface area contributed by atoms with Crippen molar-refractivity contribution in [1.29, 1.82) is 0 Å². The van der Waals surface area contributed by atoms with Crippen LogP contribution in [-0.4, -0.2) is 17.6 Å². The average molecular weight is 256 g/mol. The van der Waals surface area contributed by atoms with Gasteiger partial charge in [-0.15, -0.1) is 12.6 Å². The van der Waals surface area contributed by atoms with E-state index in [1.165, 1.54) is 0 Å². The molecule has 1 heterocycles. The monoisotopic (exact) mass is 255 g/mol. The van der Waals surface area contributed by atoms with Gasteiger partial charge in [0.2, 0.25) is 0 Å². The lowest BCUT2D eigenvalue weighted by Crippen LogP contribution is -2.05. The molecule has 84 valence electrons. The van der Waals surface area contributed by atoms with Gasteiger partial charge in [-0.25, -0.2) is 4.79 Å². The number of H-pyrrole nitrogens is 1. The van der Waals surface area contributed by atoms with E-state index in [0.717, 1.165) is 10.9 Å². The van der Waals surface area contributed by atoms with Gasteiger partial charge < -0.3 is 9.72 Å². The van der Waals surface area contributed by atoms with Crippen molar-refractivity contribution in [2.75, 3.05) is 6.61 Å². The molecular formula is C11H10ClNO2S. The number of halogens is 1. The van der Waals surface area contributed by atoms with Gasteiger partial charge in [-0.2, -0.15) is 0 Å². The zero-order valence-corrected chi connectivity index (χ0v) is 10.2. The minimum Gasteiger partial charge on any atom is -0.461 e. The van der Waals surface area contributed by atoms with Gasteiger partial charge in [-0.1, -0.05) is 11.6 Å². The molecule has 0 unspecified atom stereocenters. The molecular weight excluding hydrogens is 246 g/mol. The molecule has 0 saturated carbocycles. The number of fused-ring (bicyclic) bond motifs is 1. The predicted octanol–water partition coefficient (Wildman–Crippen LogP) is 3.29. The maximum atomic E-state index is 11.6. The largest absolute Gasteiger partial charge is 0.461 e. The summed E-state index contributed by atoms with van der Waals surface area (Å²) in [6, 6.07) is 5.32. The Morgan fingerprint density at radius 1 is 1.56 bits per heavy atom.